The van der Waals surface area contributed by atoms with Crippen molar-refractivity contribution in [2.24, 2.45) is 0 Å². The lowest BCUT2D eigenvalue weighted by Gasteiger charge is -2.36. The number of hydrogen-bond donors (Lipinski definition) is 2. The topological polar surface area (TPSA) is 102 Å². The standard InChI is InChI=1S/C14H18N2O5/c17-10-14(5-7-21-8-6-14)15-13(18)9-11-3-1-2-4-12(11)16(19)20/h1-4,17H,5-10H2,(H,15,18). The molecular formula is C14H18N2O5. The van der Waals surface area contributed by atoms with E-state index in [-0.39, 0.29) is 24.6 Å². The van der Waals surface area contributed by atoms with Crippen LogP contribution in [0.5, 0.6) is 0 Å². The predicted octanol–water partition coefficient (Wildman–Crippen LogP) is 0.795. The van der Waals surface area contributed by atoms with E-state index in [1.807, 2.05) is 0 Å². The van der Waals surface area contributed by atoms with Gasteiger partial charge in [-0.3, -0.25) is 14.9 Å². The number of nitro benzene ring substituents is 1. The van der Waals surface area contributed by atoms with E-state index in [1.54, 1.807) is 18.2 Å². The maximum absolute atomic E-state index is 12.1. The Morgan fingerprint density at radius 3 is 2.67 bits per heavy atom. The molecule has 0 unspecified atom stereocenters. The average molecular weight is 294 g/mol. The van der Waals surface area contributed by atoms with Gasteiger partial charge in [0.15, 0.2) is 0 Å². The Labute approximate surface area is 122 Å². The molecule has 0 radical (unpaired) electrons. The van der Waals surface area contributed by atoms with E-state index >= 15 is 0 Å². The third-order valence-corrected chi connectivity index (χ3v) is 3.70. The largest absolute Gasteiger partial charge is 0.394 e. The molecule has 7 heteroatoms. The third-order valence-electron chi connectivity index (χ3n) is 3.70. The van der Waals surface area contributed by atoms with Gasteiger partial charge in [-0.2, -0.15) is 0 Å². The van der Waals surface area contributed by atoms with Gasteiger partial charge in [0.25, 0.3) is 5.69 Å². The SMILES string of the molecule is O=C(Cc1ccccc1[N+](=O)[O-])NC1(CO)CCOCC1. The summed E-state index contributed by atoms with van der Waals surface area (Å²) in [5, 5.41) is 23.3. The van der Waals surface area contributed by atoms with E-state index in [0.29, 0.717) is 31.6 Å². The summed E-state index contributed by atoms with van der Waals surface area (Å²) in [5.74, 6) is -0.333. The molecule has 1 aliphatic rings. The lowest BCUT2D eigenvalue weighted by Crippen LogP contribution is -2.55. The van der Waals surface area contributed by atoms with Gasteiger partial charge < -0.3 is 15.2 Å². The number of rotatable bonds is 5. The van der Waals surface area contributed by atoms with Crippen LogP contribution in [0.15, 0.2) is 24.3 Å². The molecule has 7 nitrogen and oxygen atoms in total. The molecule has 1 fully saturated rings. The van der Waals surface area contributed by atoms with Gasteiger partial charge in [-0.1, -0.05) is 18.2 Å². The molecule has 1 saturated heterocycles. The van der Waals surface area contributed by atoms with Crippen molar-refractivity contribution < 1.29 is 19.6 Å². The number of para-hydroxylation sites is 1. The molecule has 2 rings (SSSR count). The summed E-state index contributed by atoms with van der Waals surface area (Å²) in [6, 6.07) is 6.16. The van der Waals surface area contributed by atoms with Gasteiger partial charge in [-0.15, -0.1) is 0 Å². The molecule has 1 heterocycles. The van der Waals surface area contributed by atoms with E-state index in [4.69, 9.17) is 4.74 Å². The van der Waals surface area contributed by atoms with Gasteiger partial charge in [0.05, 0.1) is 23.5 Å². The molecule has 2 N–H and O–H groups in total. The highest BCUT2D eigenvalue weighted by Gasteiger charge is 2.33. The summed E-state index contributed by atoms with van der Waals surface area (Å²) in [6.07, 6.45) is 0.984. The zero-order chi connectivity index (χ0) is 15.3. The van der Waals surface area contributed by atoms with E-state index in [9.17, 15) is 20.0 Å². The highest BCUT2D eigenvalue weighted by Crippen LogP contribution is 2.22. The van der Waals surface area contributed by atoms with Crippen molar-refractivity contribution in [2.75, 3.05) is 19.8 Å². The van der Waals surface area contributed by atoms with Crippen molar-refractivity contribution in [1.29, 1.82) is 0 Å². The lowest BCUT2D eigenvalue weighted by molar-refractivity contribution is -0.385. The smallest absolute Gasteiger partial charge is 0.273 e. The maximum Gasteiger partial charge on any atom is 0.273 e. The number of benzene rings is 1. The molecule has 1 amide bonds. The predicted molar refractivity (Wildman–Crippen MR) is 74.8 cm³/mol. The Morgan fingerprint density at radius 1 is 1.38 bits per heavy atom. The van der Waals surface area contributed by atoms with Gasteiger partial charge in [0.1, 0.15) is 0 Å². The van der Waals surface area contributed by atoms with Gasteiger partial charge in [-0.05, 0) is 12.8 Å². The summed E-state index contributed by atoms with van der Waals surface area (Å²) in [7, 11) is 0. The van der Waals surface area contributed by atoms with Crippen molar-refractivity contribution in [3.05, 3.63) is 39.9 Å². The second-order valence-electron chi connectivity index (χ2n) is 5.16. The van der Waals surface area contributed by atoms with Gasteiger partial charge in [-0.25, -0.2) is 0 Å². The van der Waals surface area contributed by atoms with Gasteiger partial charge in [0.2, 0.25) is 5.91 Å². The minimum atomic E-state index is -0.682. The Balaban J connectivity index is 2.06. The minimum Gasteiger partial charge on any atom is -0.394 e. The summed E-state index contributed by atoms with van der Waals surface area (Å²) in [5.41, 5.74) is -0.392. The normalized spacial score (nSPS) is 17.2. The molecule has 1 aromatic rings. The minimum absolute atomic E-state index is 0.0716. The number of nitro groups is 1. The zero-order valence-electron chi connectivity index (χ0n) is 11.6. The molecule has 0 saturated carbocycles. The highest BCUT2D eigenvalue weighted by molar-refractivity contribution is 5.80. The van der Waals surface area contributed by atoms with Crippen molar-refractivity contribution in [3.63, 3.8) is 0 Å². The van der Waals surface area contributed by atoms with E-state index in [2.05, 4.69) is 5.32 Å². The molecule has 0 aliphatic carbocycles. The Hall–Kier alpha value is -1.99. The molecule has 1 aliphatic heterocycles. The van der Waals surface area contributed by atoms with Crippen LogP contribution in [0.3, 0.4) is 0 Å². The Bertz CT molecular complexity index is 526. The molecule has 0 aromatic heterocycles. The average Bonchev–Trinajstić information content (AvgIpc) is 2.48. The molecule has 0 spiro atoms. The van der Waals surface area contributed by atoms with Crippen LogP contribution in [0.2, 0.25) is 0 Å². The van der Waals surface area contributed by atoms with Crippen LogP contribution in [-0.2, 0) is 16.0 Å². The summed E-state index contributed by atoms with van der Waals surface area (Å²) >= 11 is 0. The van der Waals surface area contributed by atoms with Gasteiger partial charge >= 0.3 is 0 Å². The van der Waals surface area contributed by atoms with Crippen molar-refractivity contribution >= 4 is 11.6 Å². The van der Waals surface area contributed by atoms with Crippen molar-refractivity contribution in [1.82, 2.24) is 5.32 Å². The second kappa shape index (κ2) is 6.64. The first kappa shape index (κ1) is 15.4. The first-order valence-corrected chi connectivity index (χ1v) is 6.78. The number of nitrogens with one attached hydrogen (secondary N) is 1. The first-order chi connectivity index (χ1) is 10.1. The number of hydrogen-bond acceptors (Lipinski definition) is 5. The van der Waals surface area contributed by atoms with Crippen LogP contribution < -0.4 is 5.32 Å². The lowest BCUT2D eigenvalue weighted by atomic mass is 9.90. The summed E-state index contributed by atoms with van der Waals surface area (Å²) in [6.45, 7) is 0.789. The number of amides is 1. The van der Waals surface area contributed by atoms with E-state index in [0.717, 1.165) is 0 Å². The molecule has 21 heavy (non-hydrogen) atoms. The molecule has 0 bridgehead atoms. The highest BCUT2D eigenvalue weighted by atomic mass is 16.6. The van der Waals surface area contributed by atoms with Crippen LogP contribution in [-0.4, -0.2) is 41.3 Å². The fourth-order valence-corrected chi connectivity index (χ4v) is 2.44. The van der Waals surface area contributed by atoms with E-state index < -0.39 is 10.5 Å². The van der Waals surface area contributed by atoms with E-state index in [1.165, 1.54) is 6.07 Å². The molecule has 114 valence electrons. The summed E-state index contributed by atoms with van der Waals surface area (Å²) < 4.78 is 5.23. The van der Waals surface area contributed by atoms with Gasteiger partial charge in [0, 0.05) is 24.8 Å². The second-order valence-corrected chi connectivity index (χ2v) is 5.16. The van der Waals surface area contributed by atoms with Crippen LogP contribution in [0.25, 0.3) is 0 Å². The Kier molecular flexibility index (Phi) is 4.87. The van der Waals surface area contributed by atoms with Crippen molar-refractivity contribution in [2.45, 2.75) is 24.8 Å². The monoisotopic (exact) mass is 294 g/mol. The van der Waals surface area contributed by atoms with Crippen LogP contribution in [0, 0.1) is 10.1 Å². The fraction of sp³-hybridized carbons (Fsp3) is 0.500. The quantitative estimate of drug-likeness (QED) is 0.617. The number of ether oxygens (including phenoxy) is 1. The maximum atomic E-state index is 12.1. The molecule has 1 aromatic carbocycles. The fourth-order valence-electron chi connectivity index (χ4n) is 2.44. The first-order valence-electron chi connectivity index (χ1n) is 6.78. The third kappa shape index (κ3) is 3.77. The Morgan fingerprint density at radius 2 is 2.05 bits per heavy atom. The van der Waals surface area contributed by atoms with Crippen LogP contribution >= 0.6 is 0 Å². The molecular weight excluding hydrogens is 276 g/mol. The van der Waals surface area contributed by atoms with Crippen LogP contribution in [0.1, 0.15) is 18.4 Å². The number of aliphatic hydroxyl groups excluding tert-OH is 1. The van der Waals surface area contributed by atoms with Crippen LogP contribution in [0.4, 0.5) is 5.69 Å². The zero-order valence-corrected chi connectivity index (χ0v) is 11.6. The summed E-state index contributed by atoms with van der Waals surface area (Å²) in [4.78, 5) is 22.6. The number of carbonyl (C=O) groups excluding carboxylic acids is 1. The number of aliphatic hydroxyl groups is 1. The number of carbonyl (C=O) groups is 1. The van der Waals surface area contributed by atoms with Crippen molar-refractivity contribution in [3.8, 4) is 0 Å². The molecule has 0 atom stereocenters. The number of nitrogens with zero attached hydrogens (tertiary/aromatic N) is 1.